The number of nitrogens with one attached hydrogen (secondary N) is 1. The van der Waals surface area contributed by atoms with E-state index < -0.39 is 11.5 Å². The van der Waals surface area contributed by atoms with E-state index in [9.17, 15) is 9.90 Å². The number of amides is 1. The Balaban J connectivity index is 1.38. The third-order valence-corrected chi connectivity index (χ3v) is 6.27. The van der Waals surface area contributed by atoms with Gasteiger partial charge in [0.1, 0.15) is 5.69 Å². The van der Waals surface area contributed by atoms with E-state index in [1.54, 1.807) is 38.6 Å². The lowest BCUT2D eigenvalue weighted by molar-refractivity contribution is -0.144. The van der Waals surface area contributed by atoms with Gasteiger partial charge in [-0.1, -0.05) is 11.2 Å². The molecular weight excluding hydrogens is 440 g/mol. The number of methoxy groups -OCH3 is 1. The topological polar surface area (TPSA) is 136 Å². The molecule has 0 saturated carbocycles. The number of hydrogen-bond donors (Lipinski definition) is 2. The fourth-order valence-corrected chi connectivity index (χ4v) is 4.26. The molecule has 0 spiro atoms. The van der Waals surface area contributed by atoms with Gasteiger partial charge in [0.2, 0.25) is 11.5 Å². The summed E-state index contributed by atoms with van der Waals surface area (Å²) in [5.74, 6) is 0.161. The highest BCUT2D eigenvalue weighted by Crippen LogP contribution is 2.34. The van der Waals surface area contributed by atoms with Crippen LogP contribution < -0.4 is 5.32 Å². The van der Waals surface area contributed by atoms with Crippen LogP contribution in [0.25, 0.3) is 22.8 Å². The smallest absolute Gasteiger partial charge is 0.262 e. The van der Waals surface area contributed by atoms with E-state index in [-0.39, 0.29) is 24.3 Å². The van der Waals surface area contributed by atoms with Gasteiger partial charge in [0.05, 0.1) is 35.8 Å². The fourth-order valence-electron chi connectivity index (χ4n) is 4.26. The number of anilines is 1. The third kappa shape index (κ3) is 4.13. The Morgan fingerprint density at radius 3 is 2.76 bits per heavy atom. The average Bonchev–Trinajstić information content (AvgIpc) is 3.47. The van der Waals surface area contributed by atoms with Crippen molar-refractivity contribution in [2.45, 2.75) is 30.6 Å². The van der Waals surface area contributed by atoms with E-state index in [1.165, 1.54) is 4.90 Å². The van der Waals surface area contributed by atoms with E-state index >= 15 is 0 Å². The minimum absolute atomic E-state index is 0.0187. The zero-order valence-corrected chi connectivity index (χ0v) is 19.0. The van der Waals surface area contributed by atoms with Crippen LogP contribution in [0.5, 0.6) is 0 Å². The maximum atomic E-state index is 12.4. The SMILES string of the molecule is COC1CCOCC1Nc1nccc(-c2cccc(-c3cc(C4(O)CCN(C)C4=O)on3)n2)n1. The standard InChI is InChI=1S/C23H26N6O5/c1-29-10-8-23(31,21(29)30)20-12-17(28-34-20)15-5-3-4-14(25-15)16-6-9-24-22(26-16)27-18-13-33-11-7-19(18)32-2/h3-6,9,12,18-19,31H,7-8,10-11,13H2,1-2H3,(H,24,26,27). The average molecular weight is 466 g/mol. The normalized spacial score (nSPS) is 25.0. The van der Waals surface area contributed by atoms with Gasteiger partial charge in [0.25, 0.3) is 5.91 Å². The molecule has 178 valence electrons. The maximum Gasteiger partial charge on any atom is 0.262 e. The van der Waals surface area contributed by atoms with Crippen molar-refractivity contribution in [1.29, 1.82) is 0 Å². The highest BCUT2D eigenvalue weighted by Gasteiger charge is 2.48. The van der Waals surface area contributed by atoms with Gasteiger partial charge in [-0.25, -0.2) is 15.0 Å². The Hall–Kier alpha value is -3.41. The molecule has 5 rings (SSSR count). The molecule has 3 atom stereocenters. The number of rotatable bonds is 6. The number of aliphatic hydroxyl groups is 1. The Morgan fingerprint density at radius 1 is 1.21 bits per heavy atom. The molecule has 11 heteroatoms. The van der Waals surface area contributed by atoms with Gasteiger partial charge in [-0.05, 0) is 24.6 Å². The van der Waals surface area contributed by atoms with E-state index in [4.69, 9.17) is 14.0 Å². The van der Waals surface area contributed by atoms with E-state index in [0.717, 1.165) is 6.42 Å². The predicted molar refractivity (Wildman–Crippen MR) is 121 cm³/mol. The Bertz CT molecular complexity index is 1190. The van der Waals surface area contributed by atoms with Crippen LogP contribution in [-0.4, -0.2) is 82.1 Å². The van der Waals surface area contributed by atoms with Crippen molar-refractivity contribution in [2.75, 3.05) is 39.2 Å². The van der Waals surface area contributed by atoms with Gasteiger partial charge in [-0.2, -0.15) is 0 Å². The van der Waals surface area contributed by atoms with E-state index in [1.807, 2.05) is 12.1 Å². The first-order chi connectivity index (χ1) is 16.5. The molecule has 3 aromatic rings. The molecule has 0 aromatic carbocycles. The van der Waals surface area contributed by atoms with E-state index in [2.05, 4.69) is 25.4 Å². The van der Waals surface area contributed by atoms with Crippen LogP contribution in [-0.2, 0) is 19.9 Å². The summed E-state index contributed by atoms with van der Waals surface area (Å²) in [6.07, 6.45) is 2.73. The maximum absolute atomic E-state index is 12.4. The summed E-state index contributed by atoms with van der Waals surface area (Å²) in [5.41, 5.74) is 0.491. The Kier molecular flexibility index (Phi) is 5.98. The molecule has 0 aliphatic carbocycles. The second-order valence-electron chi connectivity index (χ2n) is 8.48. The van der Waals surface area contributed by atoms with Crippen molar-refractivity contribution in [3.63, 3.8) is 0 Å². The highest BCUT2D eigenvalue weighted by molar-refractivity contribution is 5.87. The zero-order chi connectivity index (χ0) is 23.7. The molecule has 2 aliphatic rings. The first-order valence-corrected chi connectivity index (χ1v) is 11.1. The van der Waals surface area contributed by atoms with Gasteiger partial charge < -0.3 is 29.3 Å². The molecule has 0 radical (unpaired) electrons. The minimum atomic E-state index is -1.70. The Labute approximate surface area is 196 Å². The Morgan fingerprint density at radius 2 is 2.00 bits per heavy atom. The van der Waals surface area contributed by atoms with Crippen LogP contribution in [0.15, 0.2) is 41.1 Å². The monoisotopic (exact) mass is 466 g/mol. The molecule has 2 aliphatic heterocycles. The van der Waals surface area contributed by atoms with Crippen molar-refractivity contribution >= 4 is 11.9 Å². The number of nitrogens with zero attached hydrogens (tertiary/aromatic N) is 5. The van der Waals surface area contributed by atoms with Crippen LogP contribution in [0.2, 0.25) is 0 Å². The molecule has 2 saturated heterocycles. The molecule has 5 heterocycles. The second-order valence-corrected chi connectivity index (χ2v) is 8.48. The lowest BCUT2D eigenvalue weighted by Crippen LogP contribution is -2.43. The molecule has 0 bridgehead atoms. The summed E-state index contributed by atoms with van der Waals surface area (Å²) < 4.78 is 16.5. The van der Waals surface area contributed by atoms with Crippen LogP contribution >= 0.6 is 0 Å². The molecule has 11 nitrogen and oxygen atoms in total. The van der Waals surface area contributed by atoms with Crippen LogP contribution in [0.4, 0.5) is 5.95 Å². The molecule has 3 aromatic heterocycles. The number of carbonyl (C=O) groups excluding carboxylic acids is 1. The molecule has 3 unspecified atom stereocenters. The van der Waals surface area contributed by atoms with Crippen molar-refractivity contribution in [3.8, 4) is 22.8 Å². The van der Waals surface area contributed by atoms with Crippen LogP contribution in [0, 0.1) is 0 Å². The molecule has 2 N–H and O–H groups in total. The predicted octanol–water partition coefficient (Wildman–Crippen LogP) is 1.46. The van der Waals surface area contributed by atoms with Gasteiger partial charge in [-0.15, -0.1) is 0 Å². The number of hydrogen-bond acceptors (Lipinski definition) is 10. The lowest BCUT2D eigenvalue weighted by Gasteiger charge is -2.30. The molecule has 1 amide bonds. The third-order valence-electron chi connectivity index (χ3n) is 6.27. The van der Waals surface area contributed by atoms with Crippen molar-refractivity contribution < 1.29 is 23.9 Å². The number of pyridine rings is 1. The number of likely N-dealkylation sites (tertiary alicyclic amines) is 1. The van der Waals surface area contributed by atoms with Gasteiger partial charge in [0, 0.05) is 46.0 Å². The van der Waals surface area contributed by atoms with Crippen molar-refractivity contribution in [2.24, 2.45) is 0 Å². The van der Waals surface area contributed by atoms with Gasteiger partial charge >= 0.3 is 0 Å². The molecule has 2 fully saturated rings. The van der Waals surface area contributed by atoms with Gasteiger partial charge in [0.15, 0.2) is 5.76 Å². The van der Waals surface area contributed by atoms with Crippen LogP contribution in [0.3, 0.4) is 0 Å². The summed E-state index contributed by atoms with van der Waals surface area (Å²) in [7, 11) is 3.33. The summed E-state index contributed by atoms with van der Waals surface area (Å²) in [5, 5.41) is 18.1. The summed E-state index contributed by atoms with van der Waals surface area (Å²) in [6.45, 7) is 1.63. The van der Waals surface area contributed by atoms with Crippen molar-refractivity contribution in [1.82, 2.24) is 25.0 Å². The quantitative estimate of drug-likeness (QED) is 0.549. The minimum Gasteiger partial charge on any atom is -0.379 e. The number of carbonyl (C=O) groups is 1. The zero-order valence-electron chi connectivity index (χ0n) is 19.0. The summed E-state index contributed by atoms with van der Waals surface area (Å²) in [4.78, 5) is 27.4. The van der Waals surface area contributed by atoms with Crippen molar-refractivity contribution in [3.05, 3.63) is 42.3 Å². The highest BCUT2D eigenvalue weighted by atomic mass is 16.5. The summed E-state index contributed by atoms with van der Waals surface area (Å²) in [6, 6.07) is 8.73. The van der Waals surface area contributed by atoms with Gasteiger partial charge in [-0.3, -0.25) is 4.79 Å². The first kappa shape index (κ1) is 22.4. The fraction of sp³-hybridized carbons (Fsp3) is 0.435. The molecule has 34 heavy (non-hydrogen) atoms. The number of ether oxygens (including phenoxy) is 2. The number of likely N-dealkylation sites (N-methyl/N-ethyl adjacent to an activating group) is 1. The summed E-state index contributed by atoms with van der Waals surface area (Å²) >= 11 is 0. The largest absolute Gasteiger partial charge is 0.379 e. The number of aromatic nitrogens is 4. The molecular formula is C23H26N6O5. The van der Waals surface area contributed by atoms with E-state index in [0.29, 0.717) is 48.5 Å². The van der Waals surface area contributed by atoms with Crippen LogP contribution in [0.1, 0.15) is 18.6 Å². The first-order valence-electron chi connectivity index (χ1n) is 11.1. The second kappa shape index (κ2) is 9.09. The lowest BCUT2D eigenvalue weighted by atomic mass is 9.98.